The van der Waals surface area contributed by atoms with Crippen LogP contribution >= 0.6 is 0 Å². The lowest BCUT2D eigenvalue weighted by Crippen LogP contribution is -2.54. The standard InChI is InChI=1S/C19H31NO2/c1-18-9-7-13(20-22)11-12(18)3-4-14-15-5-6-17(21)19(15,2)10-8-16(14)18/h12-17,21H,3-11H2,1-2H3/t12?,13-,14?,15?,16?,17?,18-,19-/m0/s1. The highest BCUT2D eigenvalue weighted by Crippen LogP contribution is 2.66. The monoisotopic (exact) mass is 305 g/mol. The number of nitrogens with zero attached hydrogens (tertiary/aromatic N) is 1. The summed E-state index contributed by atoms with van der Waals surface area (Å²) in [6.45, 7) is 4.87. The molecule has 0 aromatic carbocycles. The van der Waals surface area contributed by atoms with Gasteiger partial charge in [0.2, 0.25) is 0 Å². The molecule has 3 nitrogen and oxygen atoms in total. The smallest absolute Gasteiger partial charge is 0.0922 e. The third-order valence-electron chi connectivity index (χ3n) is 8.74. The molecule has 0 heterocycles. The van der Waals surface area contributed by atoms with Crippen LogP contribution < -0.4 is 0 Å². The Labute approximate surface area is 134 Å². The Morgan fingerprint density at radius 1 is 0.909 bits per heavy atom. The second-order valence-corrected chi connectivity index (χ2v) is 9.33. The molecule has 4 fully saturated rings. The Bertz CT molecular complexity index is 466. The summed E-state index contributed by atoms with van der Waals surface area (Å²) in [7, 11) is 0. The Kier molecular flexibility index (Phi) is 3.45. The summed E-state index contributed by atoms with van der Waals surface area (Å²) < 4.78 is 0. The SMILES string of the molecule is C[C@]12CC[C@H](N=O)CC1CCC1C2CC[C@]2(C)C(O)CCC12. The predicted octanol–water partition coefficient (Wildman–Crippen LogP) is 4.53. The molecule has 0 saturated heterocycles. The molecule has 4 rings (SSSR count). The van der Waals surface area contributed by atoms with Gasteiger partial charge < -0.3 is 5.11 Å². The number of fused-ring (bicyclic) bond motifs is 5. The van der Waals surface area contributed by atoms with E-state index in [9.17, 15) is 10.0 Å². The topological polar surface area (TPSA) is 49.7 Å². The van der Waals surface area contributed by atoms with E-state index in [0.717, 1.165) is 37.0 Å². The van der Waals surface area contributed by atoms with Gasteiger partial charge in [0, 0.05) is 0 Å². The Balaban J connectivity index is 1.60. The summed E-state index contributed by atoms with van der Waals surface area (Å²) >= 11 is 0. The predicted molar refractivity (Wildman–Crippen MR) is 87.3 cm³/mol. The minimum Gasteiger partial charge on any atom is -0.393 e. The molecule has 4 aliphatic rings. The van der Waals surface area contributed by atoms with Crippen LogP contribution in [0.1, 0.15) is 71.6 Å². The second-order valence-electron chi connectivity index (χ2n) is 9.33. The van der Waals surface area contributed by atoms with Gasteiger partial charge in [0.25, 0.3) is 0 Å². The first-order valence-corrected chi connectivity index (χ1v) is 9.49. The van der Waals surface area contributed by atoms with Crippen LogP contribution in [0, 0.1) is 39.4 Å². The maximum atomic E-state index is 11.0. The number of hydrogen-bond acceptors (Lipinski definition) is 3. The molecule has 0 aromatic heterocycles. The Morgan fingerprint density at radius 2 is 1.64 bits per heavy atom. The molecule has 8 atom stereocenters. The van der Waals surface area contributed by atoms with Crippen molar-refractivity contribution in [3.8, 4) is 0 Å². The lowest BCUT2D eigenvalue weighted by Gasteiger charge is -2.60. The van der Waals surface area contributed by atoms with Crippen molar-refractivity contribution in [1.29, 1.82) is 0 Å². The van der Waals surface area contributed by atoms with Gasteiger partial charge >= 0.3 is 0 Å². The summed E-state index contributed by atoms with van der Waals surface area (Å²) in [5, 5.41) is 13.9. The molecule has 0 aliphatic heterocycles. The van der Waals surface area contributed by atoms with Gasteiger partial charge in [0.15, 0.2) is 0 Å². The van der Waals surface area contributed by atoms with E-state index >= 15 is 0 Å². The number of aliphatic hydroxyl groups excluding tert-OH is 1. The van der Waals surface area contributed by atoms with Gasteiger partial charge in [-0.15, -0.1) is 0 Å². The van der Waals surface area contributed by atoms with E-state index in [1.54, 1.807) is 0 Å². The van der Waals surface area contributed by atoms with Crippen LogP contribution in [0.2, 0.25) is 0 Å². The fourth-order valence-electron chi connectivity index (χ4n) is 7.30. The minimum absolute atomic E-state index is 0.0704. The first kappa shape index (κ1) is 15.1. The second kappa shape index (κ2) is 5.03. The normalized spacial score (nSPS) is 57.6. The number of nitroso groups, excluding NO2 is 1. The van der Waals surface area contributed by atoms with Crippen LogP contribution in [0.5, 0.6) is 0 Å². The van der Waals surface area contributed by atoms with Crippen molar-refractivity contribution < 1.29 is 5.11 Å². The van der Waals surface area contributed by atoms with E-state index in [0.29, 0.717) is 11.3 Å². The van der Waals surface area contributed by atoms with Gasteiger partial charge in [-0.05, 0) is 92.3 Å². The number of aliphatic hydroxyl groups is 1. The summed E-state index contributed by atoms with van der Waals surface area (Å²) in [5.41, 5.74) is 0.616. The zero-order valence-corrected chi connectivity index (χ0v) is 14.1. The molecule has 3 heteroatoms. The summed E-state index contributed by atoms with van der Waals surface area (Å²) in [4.78, 5) is 11.0. The molecular weight excluding hydrogens is 274 g/mol. The van der Waals surface area contributed by atoms with E-state index in [4.69, 9.17) is 0 Å². The number of rotatable bonds is 1. The molecule has 0 aromatic rings. The van der Waals surface area contributed by atoms with Crippen molar-refractivity contribution in [3.63, 3.8) is 0 Å². The molecule has 0 spiro atoms. The van der Waals surface area contributed by atoms with Crippen molar-refractivity contribution in [3.05, 3.63) is 4.91 Å². The third-order valence-corrected chi connectivity index (χ3v) is 8.74. The molecule has 22 heavy (non-hydrogen) atoms. The molecule has 1 N–H and O–H groups in total. The summed E-state index contributed by atoms with van der Waals surface area (Å²) in [5.74, 6) is 3.09. The first-order valence-electron chi connectivity index (χ1n) is 9.49. The van der Waals surface area contributed by atoms with Gasteiger partial charge in [-0.1, -0.05) is 19.0 Å². The fraction of sp³-hybridized carbons (Fsp3) is 1.00. The van der Waals surface area contributed by atoms with Gasteiger partial charge in [0.1, 0.15) is 0 Å². The minimum atomic E-state index is -0.0704. The molecule has 124 valence electrons. The fourth-order valence-corrected chi connectivity index (χ4v) is 7.30. The number of hydrogen-bond donors (Lipinski definition) is 1. The highest BCUT2D eigenvalue weighted by Gasteiger charge is 2.60. The van der Waals surface area contributed by atoms with Crippen molar-refractivity contribution in [2.75, 3.05) is 0 Å². The average Bonchev–Trinajstić information content (AvgIpc) is 2.82. The van der Waals surface area contributed by atoms with E-state index < -0.39 is 0 Å². The lowest BCUT2D eigenvalue weighted by atomic mass is 9.45. The summed E-state index contributed by atoms with van der Waals surface area (Å²) in [6.07, 6.45) is 10.5. The van der Waals surface area contributed by atoms with Crippen molar-refractivity contribution in [2.24, 2.45) is 39.7 Å². The van der Waals surface area contributed by atoms with Crippen molar-refractivity contribution in [2.45, 2.75) is 83.8 Å². The molecular formula is C19H31NO2. The molecule has 5 unspecified atom stereocenters. The maximum Gasteiger partial charge on any atom is 0.0922 e. The Morgan fingerprint density at radius 3 is 2.41 bits per heavy atom. The molecule has 0 radical (unpaired) electrons. The highest BCUT2D eigenvalue weighted by atomic mass is 16.3. The lowest BCUT2D eigenvalue weighted by molar-refractivity contribution is -0.122. The first-order chi connectivity index (χ1) is 10.5. The maximum absolute atomic E-state index is 11.0. The van der Waals surface area contributed by atoms with Crippen LogP contribution in [-0.2, 0) is 0 Å². The molecule has 4 aliphatic carbocycles. The summed E-state index contributed by atoms with van der Waals surface area (Å²) in [6, 6.07) is 0.0804. The van der Waals surface area contributed by atoms with E-state index in [1.165, 1.54) is 38.5 Å². The van der Waals surface area contributed by atoms with Crippen LogP contribution in [0.25, 0.3) is 0 Å². The zero-order chi connectivity index (χ0) is 15.5. The van der Waals surface area contributed by atoms with Crippen molar-refractivity contribution in [1.82, 2.24) is 0 Å². The van der Waals surface area contributed by atoms with E-state index in [2.05, 4.69) is 19.0 Å². The highest BCUT2D eigenvalue weighted by molar-refractivity contribution is 5.09. The molecule has 0 bridgehead atoms. The van der Waals surface area contributed by atoms with Gasteiger partial charge in [-0.3, -0.25) is 0 Å². The van der Waals surface area contributed by atoms with E-state index in [1.807, 2.05) is 0 Å². The van der Waals surface area contributed by atoms with Crippen LogP contribution in [-0.4, -0.2) is 17.3 Å². The van der Waals surface area contributed by atoms with Crippen molar-refractivity contribution >= 4 is 0 Å². The van der Waals surface area contributed by atoms with Crippen LogP contribution in [0.15, 0.2) is 5.18 Å². The van der Waals surface area contributed by atoms with E-state index in [-0.39, 0.29) is 17.6 Å². The average molecular weight is 305 g/mol. The van der Waals surface area contributed by atoms with Crippen LogP contribution in [0.3, 0.4) is 0 Å². The molecule has 0 amide bonds. The quantitative estimate of drug-likeness (QED) is 0.724. The van der Waals surface area contributed by atoms with Gasteiger partial charge in [0.05, 0.1) is 12.1 Å². The van der Waals surface area contributed by atoms with Gasteiger partial charge in [-0.25, -0.2) is 0 Å². The van der Waals surface area contributed by atoms with Gasteiger partial charge in [-0.2, -0.15) is 4.91 Å². The largest absolute Gasteiger partial charge is 0.393 e. The third kappa shape index (κ3) is 1.90. The molecule has 4 saturated carbocycles. The van der Waals surface area contributed by atoms with Crippen LogP contribution in [0.4, 0.5) is 0 Å². The Hall–Kier alpha value is -0.440. The zero-order valence-electron chi connectivity index (χ0n) is 14.1.